The molecule has 0 aliphatic heterocycles. The van der Waals surface area contributed by atoms with Gasteiger partial charge in [-0.2, -0.15) is 0 Å². The summed E-state index contributed by atoms with van der Waals surface area (Å²) in [5.74, 6) is 2.22. The fourth-order valence-corrected chi connectivity index (χ4v) is 2.60. The Bertz CT molecular complexity index is 855. The van der Waals surface area contributed by atoms with Crippen LogP contribution in [0.1, 0.15) is 41.9 Å². The van der Waals surface area contributed by atoms with Crippen molar-refractivity contribution in [2.75, 3.05) is 0 Å². The minimum absolute atomic E-state index is 0.0983. The number of nitrogens with zero attached hydrogens (tertiary/aromatic N) is 2. The molecule has 0 aliphatic rings. The Kier molecular flexibility index (Phi) is 4.42. The van der Waals surface area contributed by atoms with Crippen LogP contribution >= 0.6 is 0 Å². The van der Waals surface area contributed by atoms with E-state index in [2.05, 4.69) is 11.9 Å². The molecule has 0 fully saturated rings. The zero-order chi connectivity index (χ0) is 16.2. The summed E-state index contributed by atoms with van der Waals surface area (Å²) in [7, 11) is 0. The highest BCUT2D eigenvalue weighted by molar-refractivity contribution is 5.99. The van der Waals surface area contributed by atoms with Crippen LogP contribution in [0.25, 0.3) is 17.1 Å². The second kappa shape index (κ2) is 6.65. The van der Waals surface area contributed by atoms with Gasteiger partial charge in [-0.25, -0.2) is 4.98 Å². The fraction of sp³-hybridized carbons (Fsp3) is 0.263. The van der Waals surface area contributed by atoms with E-state index < -0.39 is 0 Å². The third kappa shape index (κ3) is 3.26. The van der Waals surface area contributed by atoms with Crippen LogP contribution in [0.3, 0.4) is 0 Å². The molecule has 2 heterocycles. The minimum Gasteiger partial charge on any atom is -0.462 e. The van der Waals surface area contributed by atoms with Gasteiger partial charge in [0.2, 0.25) is 0 Å². The molecule has 0 amide bonds. The molecule has 0 bridgehead atoms. The van der Waals surface area contributed by atoms with Crippen LogP contribution < -0.4 is 0 Å². The SMILES string of the molecule is CCCCc1nc2ccccc2n1C(=O)/C=C/c1ccc(C)o1. The van der Waals surface area contributed by atoms with Crippen molar-refractivity contribution in [2.45, 2.75) is 33.1 Å². The van der Waals surface area contributed by atoms with Gasteiger partial charge in [0.25, 0.3) is 5.91 Å². The van der Waals surface area contributed by atoms with E-state index in [1.807, 2.05) is 43.3 Å². The van der Waals surface area contributed by atoms with Crippen molar-refractivity contribution in [3.05, 3.63) is 59.8 Å². The molecule has 0 radical (unpaired) electrons. The quantitative estimate of drug-likeness (QED) is 0.645. The van der Waals surface area contributed by atoms with Gasteiger partial charge >= 0.3 is 0 Å². The molecule has 4 nitrogen and oxygen atoms in total. The van der Waals surface area contributed by atoms with Crippen LogP contribution in [-0.4, -0.2) is 15.5 Å². The number of fused-ring (bicyclic) bond motifs is 1. The molecule has 0 N–H and O–H groups in total. The molecule has 0 aliphatic carbocycles. The van der Waals surface area contributed by atoms with Crippen LogP contribution in [0.15, 0.2) is 46.9 Å². The molecule has 3 rings (SSSR count). The second-order valence-corrected chi connectivity index (χ2v) is 5.58. The summed E-state index contributed by atoms with van der Waals surface area (Å²) in [6.45, 7) is 4.01. The molecule has 0 unspecified atom stereocenters. The molecule has 1 aromatic carbocycles. The van der Waals surface area contributed by atoms with Crippen LogP contribution in [-0.2, 0) is 6.42 Å². The molecule has 3 aromatic rings. The lowest BCUT2D eigenvalue weighted by atomic mass is 10.2. The van der Waals surface area contributed by atoms with Gasteiger partial charge in [0.15, 0.2) is 0 Å². The highest BCUT2D eigenvalue weighted by atomic mass is 16.3. The topological polar surface area (TPSA) is 48.0 Å². The van der Waals surface area contributed by atoms with Crippen molar-refractivity contribution in [1.82, 2.24) is 9.55 Å². The number of aromatic nitrogens is 2. The first kappa shape index (κ1) is 15.3. The lowest BCUT2D eigenvalue weighted by Gasteiger charge is -2.04. The number of para-hydroxylation sites is 2. The normalized spacial score (nSPS) is 11.6. The van der Waals surface area contributed by atoms with E-state index in [0.29, 0.717) is 5.76 Å². The predicted octanol–water partition coefficient (Wildman–Crippen LogP) is 4.63. The summed E-state index contributed by atoms with van der Waals surface area (Å²) in [4.78, 5) is 17.3. The summed E-state index contributed by atoms with van der Waals surface area (Å²) in [6.07, 6.45) is 6.12. The minimum atomic E-state index is -0.0983. The monoisotopic (exact) mass is 308 g/mol. The van der Waals surface area contributed by atoms with Crippen molar-refractivity contribution in [3.8, 4) is 0 Å². The Hall–Kier alpha value is -2.62. The largest absolute Gasteiger partial charge is 0.462 e. The number of benzene rings is 1. The number of allylic oxidation sites excluding steroid dienone is 1. The van der Waals surface area contributed by atoms with E-state index in [1.165, 1.54) is 0 Å². The molecule has 0 saturated carbocycles. The van der Waals surface area contributed by atoms with Gasteiger partial charge in [0.1, 0.15) is 17.3 Å². The van der Waals surface area contributed by atoms with Crippen LogP contribution in [0.4, 0.5) is 0 Å². The maximum atomic E-state index is 12.7. The van der Waals surface area contributed by atoms with Gasteiger partial charge in [0, 0.05) is 12.5 Å². The summed E-state index contributed by atoms with van der Waals surface area (Å²) in [5, 5.41) is 0. The molecule has 2 aromatic heterocycles. The molecule has 0 atom stereocenters. The Morgan fingerprint density at radius 1 is 1.26 bits per heavy atom. The van der Waals surface area contributed by atoms with Crippen molar-refractivity contribution < 1.29 is 9.21 Å². The first-order valence-corrected chi connectivity index (χ1v) is 7.94. The summed E-state index contributed by atoms with van der Waals surface area (Å²) in [6, 6.07) is 11.5. The Morgan fingerprint density at radius 2 is 2.09 bits per heavy atom. The number of hydrogen-bond acceptors (Lipinski definition) is 3. The van der Waals surface area contributed by atoms with Crippen LogP contribution in [0.2, 0.25) is 0 Å². The highest BCUT2D eigenvalue weighted by Gasteiger charge is 2.14. The van der Waals surface area contributed by atoms with Crippen LogP contribution in [0.5, 0.6) is 0 Å². The molecule has 118 valence electrons. The van der Waals surface area contributed by atoms with E-state index in [-0.39, 0.29) is 5.91 Å². The Balaban J connectivity index is 1.96. The first-order chi connectivity index (χ1) is 11.2. The van der Waals surface area contributed by atoms with Gasteiger partial charge in [-0.3, -0.25) is 9.36 Å². The van der Waals surface area contributed by atoms with Gasteiger partial charge in [-0.1, -0.05) is 25.5 Å². The molecule has 0 spiro atoms. The second-order valence-electron chi connectivity index (χ2n) is 5.58. The molecular weight excluding hydrogens is 288 g/mol. The number of carbonyl (C=O) groups excluding carboxylic acids is 1. The number of rotatable bonds is 5. The molecule has 0 saturated heterocycles. The zero-order valence-corrected chi connectivity index (χ0v) is 13.5. The van der Waals surface area contributed by atoms with E-state index in [4.69, 9.17) is 4.42 Å². The molecule has 4 heteroatoms. The zero-order valence-electron chi connectivity index (χ0n) is 13.5. The third-order valence-corrected chi connectivity index (χ3v) is 3.76. The Labute approximate surface area is 135 Å². The van der Waals surface area contributed by atoms with Gasteiger partial charge in [-0.05, 0) is 43.7 Å². The van der Waals surface area contributed by atoms with Crippen molar-refractivity contribution in [3.63, 3.8) is 0 Å². The van der Waals surface area contributed by atoms with Crippen molar-refractivity contribution in [2.24, 2.45) is 0 Å². The van der Waals surface area contributed by atoms with E-state index in [1.54, 1.807) is 16.7 Å². The lowest BCUT2D eigenvalue weighted by molar-refractivity contribution is 0.0971. The summed E-state index contributed by atoms with van der Waals surface area (Å²) in [5.41, 5.74) is 1.71. The van der Waals surface area contributed by atoms with E-state index in [0.717, 1.165) is 41.9 Å². The maximum absolute atomic E-state index is 12.7. The number of carbonyl (C=O) groups is 1. The summed E-state index contributed by atoms with van der Waals surface area (Å²) < 4.78 is 7.18. The highest BCUT2D eigenvalue weighted by Crippen LogP contribution is 2.18. The summed E-state index contributed by atoms with van der Waals surface area (Å²) >= 11 is 0. The predicted molar refractivity (Wildman–Crippen MR) is 91.5 cm³/mol. The Morgan fingerprint density at radius 3 is 2.83 bits per heavy atom. The van der Waals surface area contributed by atoms with Gasteiger partial charge in [-0.15, -0.1) is 0 Å². The van der Waals surface area contributed by atoms with E-state index >= 15 is 0 Å². The average molecular weight is 308 g/mol. The maximum Gasteiger partial charge on any atom is 0.256 e. The lowest BCUT2D eigenvalue weighted by Crippen LogP contribution is -2.11. The number of aryl methyl sites for hydroxylation is 2. The fourth-order valence-electron chi connectivity index (χ4n) is 2.60. The van der Waals surface area contributed by atoms with E-state index in [9.17, 15) is 4.79 Å². The van der Waals surface area contributed by atoms with Gasteiger partial charge in [0.05, 0.1) is 11.0 Å². The number of furan rings is 1. The van der Waals surface area contributed by atoms with Crippen LogP contribution in [0, 0.1) is 6.92 Å². The average Bonchev–Trinajstić information content (AvgIpc) is 3.13. The smallest absolute Gasteiger partial charge is 0.256 e. The van der Waals surface area contributed by atoms with Gasteiger partial charge < -0.3 is 4.42 Å². The standard InChI is InChI=1S/C19H20N2O2/c1-3-4-9-18-20-16-7-5-6-8-17(16)21(18)19(22)13-12-15-11-10-14(2)23-15/h5-8,10-13H,3-4,9H2,1-2H3/b13-12+. The first-order valence-electron chi connectivity index (χ1n) is 7.94. The molecular formula is C19H20N2O2. The number of unbranched alkanes of at least 4 members (excludes halogenated alkanes) is 1. The number of imidazole rings is 1. The van der Waals surface area contributed by atoms with Crippen molar-refractivity contribution >= 4 is 23.0 Å². The number of hydrogen-bond donors (Lipinski definition) is 0. The third-order valence-electron chi connectivity index (χ3n) is 3.76. The van der Waals surface area contributed by atoms with Crippen molar-refractivity contribution in [1.29, 1.82) is 0 Å². The molecule has 23 heavy (non-hydrogen) atoms.